The Morgan fingerprint density at radius 2 is 0.576 bits per heavy atom. The van der Waals surface area contributed by atoms with Gasteiger partial charge in [-0.1, -0.05) is 428 Å². The summed E-state index contributed by atoms with van der Waals surface area (Å²) in [6, 6.07) is 0. The molecule has 0 aliphatic heterocycles. The van der Waals surface area contributed by atoms with Crippen LogP contribution < -0.4 is 5.11 Å². The normalized spacial score (nSPS) is 12.9. The molecule has 0 heterocycles. The van der Waals surface area contributed by atoms with Gasteiger partial charge in [-0.05, 0) is 57.8 Å². The van der Waals surface area contributed by atoms with Gasteiger partial charge in [-0.25, -0.2) is 0 Å². The van der Waals surface area contributed by atoms with Gasteiger partial charge in [0.15, 0.2) is 12.4 Å². The van der Waals surface area contributed by atoms with E-state index in [-0.39, 0.29) is 32.2 Å². The van der Waals surface area contributed by atoms with E-state index in [9.17, 15) is 19.5 Å². The molecule has 0 bridgehead atoms. The number of likely N-dealkylation sites (N-methyl/N-ethyl adjacent to an activating group) is 1. The first kappa shape index (κ1) is 96.0. The largest absolute Gasteiger partial charge is 0.545 e. The molecule has 0 aromatic carbocycles. The number of nitrogens with zero attached hydrogens (tertiary/aromatic N) is 1. The van der Waals surface area contributed by atoms with Crippen molar-refractivity contribution in [2.24, 2.45) is 0 Å². The third kappa shape index (κ3) is 82.2. The number of esters is 2. The summed E-state index contributed by atoms with van der Waals surface area (Å²) in [6.07, 6.45) is 105. The second-order valence-corrected chi connectivity index (χ2v) is 30.8. The smallest absolute Gasteiger partial charge is 0.306 e. The molecule has 99 heavy (non-hydrogen) atoms. The lowest BCUT2D eigenvalue weighted by Gasteiger charge is -2.26. The molecule has 0 aliphatic rings. The number of hydrogen-bond acceptors (Lipinski definition) is 8. The van der Waals surface area contributed by atoms with Crippen LogP contribution in [0.2, 0.25) is 0 Å². The quantitative estimate of drug-likeness (QED) is 0.0195. The number of carbonyl (C=O) groups excluding carboxylic acids is 3. The van der Waals surface area contributed by atoms with E-state index < -0.39 is 24.3 Å². The van der Waals surface area contributed by atoms with Crippen LogP contribution in [0.15, 0.2) is 60.8 Å². The van der Waals surface area contributed by atoms with Crippen molar-refractivity contribution in [1.82, 2.24) is 0 Å². The summed E-state index contributed by atoms with van der Waals surface area (Å²) in [5, 5.41) is 11.9. The third-order valence-corrected chi connectivity index (χ3v) is 19.8. The molecule has 0 saturated carbocycles. The van der Waals surface area contributed by atoms with Crippen LogP contribution in [0.5, 0.6) is 0 Å². The molecule has 2 unspecified atom stereocenters. The summed E-state index contributed by atoms with van der Waals surface area (Å²) in [5.74, 6) is -2.25. The standard InChI is InChI=1S/C90H167NO8/c1-6-8-10-12-14-16-18-20-22-24-26-28-30-32-34-36-38-40-41-42-43-44-45-46-47-49-51-53-55-57-59-61-63-65-67-69-71-73-75-77-79-81-88(93)99-86(85-98-90(89(94)95)96-83-82-91(3,4)5)84-97-87(92)80-78-76-74-72-70-68-66-64-62-60-58-56-54-52-50-48-39-37-35-33-31-29-27-25-23-21-19-17-15-13-11-9-7-2/h8,10,14,16,20,22,26,28,32,34,86,90H,6-7,9,11-13,15,17-19,21,23-25,27,29-31,33,35-85H2,1-5H3/b10-8-,16-14-,22-20-,28-26-,34-32-. The maximum Gasteiger partial charge on any atom is 0.306 e. The maximum atomic E-state index is 13.0. The van der Waals surface area contributed by atoms with Gasteiger partial charge >= 0.3 is 11.9 Å². The number of quaternary nitrogens is 1. The van der Waals surface area contributed by atoms with Crippen molar-refractivity contribution >= 4 is 17.9 Å². The molecule has 0 rings (SSSR count). The van der Waals surface area contributed by atoms with E-state index in [1.54, 1.807) is 0 Å². The maximum absolute atomic E-state index is 13.0. The minimum absolute atomic E-state index is 0.151. The van der Waals surface area contributed by atoms with Crippen molar-refractivity contribution in [1.29, 1.82) is 0 Å². The topological polar surface area (TPSA) is 111 Å². The Bertz CT molecular complexity index is 1820. The van der Waals surface area contributed by atoms with E-state index in [1.807, 2.05) is 21.1 Å². The van der Waals surface area contributed by atoms with Crippen LogP contribution in [0.1, 0.15) is 438 Å². The third-order valence-electron chi connectivity index (χ3n) is 19.8. The van der Waals surface area contributed by atoms with Crippen LogP contribution >= 0.6 is 0 Å². The molecule has 0 amide bonds. The van der Waals surface area contributed by atoms with Gasteiger partial charge in [0.2, 0.25) is 0 Å². The molecule has 0 radical (unpaired) electrons. The fourth-order valence-corrected chi connectivity index (χ4v) is 13.2. The van der Waals surface area contributed by atoms with Crippen LogP contribution in [0.3, 0.4) is 0 Å². The molecule has 2 atom stereocenters. The molecular weight excluding hydrogens is 1220 g/mol. The van der Waals surface area contributed by atoms with Crippen molar-refractivity contribution in [3.05, 3.63) is 60.8 Å². The Morgan fingerprint density at radius 1 is 0.313 bits per heavy atom. The van der Waals surface area contributed by atoms with Crippen LogP contribution in [0.25, 0.3) is 0 Å². The number of unbranched alkanes of at least 4 members (excludes halogenated alkanes) is 57. The van der Waals surface area contributed by atoms with E-state index in [4.69, 9.17) is 18.9 Å². The number of hydrogen-bond donors (Lipinski definition) is 0. The zero-order valence-corrected chi connectivity index (χ0v) is 66.6. The molecule has 0 fully saturated rings. The summed E-state index contributed by atoms with van der Waals surface area (Å²) in [5.41, 5.74) is 0. The highest BCUT2D eigenvalue weighted by Gasteiger charge is 2.22. The average Bonchev–Trinajstić information content (AvgIpc) is 2.62. The first-order chi connectivity index (χ1) is 48.6. The zero-order valence-electron chi connectivity index (χ0n) is 66.6. The van der Waals surface area contributed by atoms with E-state index in [2.05, 4.69) is 74.6 Å². The summed E-state index contributed by atoms with van der Waals surface area (Å²) in [6.45, 7) is 4.72. The number of carboxylic acid groups (broad SMARTS) is 1. The second-order valence-electron chi connectivity index (χ2n) is 30.8. The molecular formula is C90H167NO8. The lowest BCUT2D eigenvalue weighted by Crippen LogP contribution is -2.44. The molecule has 580 valence electrons. The summed E-state index contributed by atoms with van der Waals surface area (Å²) in [4.78, 5) is 37.7. The van der Waals surface area contributed by atoms with Crippen LogP contribution in [0, 0.1) is 0 Å². The molecule has 0 aliphatic carbocycles. The van der Waals surface area contributed by atoms with E-state index in [1.165, 1.54) is 340 Å². The van der Waals surface area contributed by atoms with Gasteiger partial charge < -0.3 is 33.3 Å². The van der Waals surface area contributed by atoms with Crippen molar-refractivity contribution < 1.29 is 42.9 Å². The molecule has 0 N–H and O–H groups in total. The number of rotatable bonds is 82. The summed E-state index contributed by atoms with van der Waals surface area (Å²) >= 11 is 0. The van der Waals surface area contributed by atoms with Crippen molar-refractivity contribution in [3.63, 3.8) is 0 Å². The number of allylic oxidation sites excluding steroid dienone is 10. The predicted molar refractivity (Wildman–Crippen MR) is 426 cm³/mol. The fraction of sp³-hybridized carbons (Fsp3) is 0.856. The highest BCUT2D eigenvalue weighted by Crippen LogP contribution is 2.21. The Balaban J connectivity index is 3.91. The van der Waals surface area contributed by atoms with E-state index in [0.29, 0.717) is 17.4 Å². The van der Waals surface area contributed by atoms with Crippen molar-refractivity contribution in [2.75, 3.05) is 47.5 Å². The molecule has 0 saturated heterocycles. The number of carboxylic acids is 1. The van der Waals surface area contributed by atoms with Gasteiger partial charge in [0, 0.05) is 12.8 Å². The van der Waals surface area contributed by atoms with E-state index in [0.717, 1.165) is 70.6 Å². The lowest BCUT2D eigenvalue weighted by atomic mass is 10.0. The van der Waals surface area contributed by atoms with Gasteiger partial charge in [-0.2, -0.15) is 0 Å². The SMILES string of the molecule is CC/C=C\C/C=C\C/C=C\C/C=C\C/C=C\CCCCCCCCCCCCCCCCCCCCCCCCCCCC(=O)OC(COC(=O)CCCCCCCCCCCCCCCCCCCCCCCCCCCCCCCCCCC)COC(OCC[N+](C)(C)C)C(=O)[O-]. The van der Waals surface area contributed by atoms with Crippen LogP contribution in [0.4, 0.5) is 0 Å². The number of ether oxygens (including phenoxy) is 4. The highest BCUT2D eigenvalue weighted by atomic mass is 16.7. The van der Waals surface area contributed by atoms with Gasteiger partial charge in [0.25, 0.3) is 0 Å². The summed E-state index contributed by atoms with van der Waals surface area (Å²) < 4.78 is 22.9. The zero-order chi connectivity index (χ0) is 71.8. The van der Waals surface area contributed by atoms with Gasteiger partial charge in [0.05, 0.1) is 40.3 Å². The molecule has 0 aromatic heterocycles. The second kappa shape index (κ2) is 80.7. The fourth-order valence-electron chi connectivity index (χ4n) is 13.2. The summed E-state index contributed by atoms with van der Waals surface area (Å²) in [7, 11) is 5.96. The number of aliphatic carboxylic acids is 1. The van der Waals surface area contributed by atoms with Crippen molar-refractivity contribution in [2.45, 2.75) is 450 Å². The Hall–Kier alpha value is -3.01. The van der Waals surface area contributed by atoms with Crippen LogP contribution in [-0.4, -0.2) is 82.3 Å². The minimum Gasteiger partial charge on any atom is -0.545 e. The molecule has 0 spiro atoms. The Morgan fingerprint density at radius 3 is 0.859 bits per heavy atom. The van der Waals surface area contributed by atoms with Crippen molar-refractivity contribution in [3.8, 4) is 0 Å². The number of carbonyl (C=O) groups is 3. The monoisotopic (exact) mass is 1390 g/mol. The van der Waals surface area contributed by atoms with Crippen LogP contribution in [-0.2, 0) is 33.3 Å². The van der Waals surface area contributed by atoms with Gasteiger partial charge in [-0.3, -0.25) is 9.59 Å². The van der Waals surface area contributed by atoms with Gasteiger partial charge in [0.1, 0.15) is 13.2 Å². The molecule has 9 heteroatoms. The first-order valence-electron chi connectivity index (χ1n) is 43.4. The lowest BCUT2D eigenvalue weighted by molar-refractivity contribution is -0.870. The average molecular weight is 1390 g/mol. The molecule has 0 aromatic rings. The first-order valence-corrected chi connectivity index (χ1v) is 43.4. The van der Waals surface area contributed by atoms with E-state index >= 15 is 0 Å². The Kier molecular flexibility index (Phi) is 78.2. The predicted octanol–water partition coefficient (Wildman–Crippen LogP) is 26.8. The highest BCUT2D eigenvalue weighted by molar-refractivity contribution is 5.70. The van der Waals surface area contributed by atoms with Gasteiger partial charge in [-0.15, -0.1) is 0 Å². The molecule has 9 nitrogen and oxygen atoms in total. The minimum atomic E-state index is -1.62. The Labute approximate surface area is 615 Å².